The Kier molecular flexibility index (Phi) is 2.86. The Hall–Kier alpha value is -1.35. The molecular weight excluding hydrogens is 237 g/mol. The summed E-state index contributed by atoms with van der Waals surface area (Å²) in [6.07, 6.45) is -4.19. The van der Waals surface area contributed by atoms with E-state index >= 15 is 0 Å². The maximum atomic E-state index is 11.7. The lowest BCUT2D eigenvalue weighted by Crippen LogP contribution is -2.18. The molecule has 1 heterocycles. The molecule has 0 radical (unpaired) electrons. The van der Waals surface area contributed by atoms with Gasteiger partial charge in [-0.05, 0) is 6.07 Å². The molecule has 0 saturated carbocycles. The van der Waals surface area contributed by atoms with Crippen molar-refractivity contribution in [1.82, 2.24) is 4.98 Å². The van der Waals surface area contributed by atoms with Gasteiger partial charge < -0.3 is 4.74 Å². The van der Waals surface area contributed by atoms with Gasteiger partial charge in [-0.25, -0.2) is 18.5 Å². The average Bonchev–Trinajstić information content (AvgIpc) is 2.00. The minimum atomic E-state index is -4.86. The SMILES string of the molecule is NS(=O)(=O)c1ccc(OC(F)(F)F)nc1. The first kappa shape index (κ1) is 11.7. The highest BCUT2D eigenvalue weighted by Crippen LogP contribution is 2.20. The summed E-state index contributed by atoms with van der Waals surface area (Å²) in [5.41, 5.74) is 0. The smallest absolute Gasteiger partial charge is 0.388 e. The van der Waals surface area contributed by atoms with Gasteiger partial charge in [0.1, 0.15) is 4.90 Å². The van der Waals surface area contributed by atoms with Crippen LogP contribution in [0.1, 0.15) is 0 Å². The number of nitrogens with zero attached hydrogens (tertiary/aromatic N) is 1. The van der Waals surface area contributed by atoms with Crippen LogP contribution in [0.5, 0.6) is 5.88 Å². The van der Waals surface area contributed by atoms with Crippen molar-refractivity contribution in [2.75, 3.05) is 0 Å². The van der Waals surface area contributed by atoms with Crippen LogP contribution in [0.3, 0.4) is 0 Å². The minimum Gasteiger partial charge on any atom is -0.388 e. The van der Waals surface area contributed by atoms with Gasteiger partial charge in [0.05, 0.1) is 6.20 Å². The Labute approximate surface area is 82.7 Å². The zero-order chi connectivity index (χ0) is 11.7. The third kappa shape index (κ3) is 3.72. The number of halogens is 3. The highest BCUT2D eigenvalue weighted by molar-refractivity contribution is 7.89. The van der Waals surface area contributed by atoms with Crippen LogP contribution in [0, 0.1) is 0 Å². The highest BCUT2D eigenvalue weighted by Gasteiger charge is 2.31. The van der Waals surface area contributed by atoms with E-state index in [0.29, 0.717) is 6.20 Å². The van der Waals surface area contributed by atoms with E-state index in [-0.39, 0.29) is 0 Å². The third-order valence-corrected chi connectivity index (χ3v) is 2.16. The lowest BCUT2D eigenvalue weighted by molar-refractivity contribution is -0.276. The molecule has 5 nitrogen and oxygen atoms in total. The summed E-state index contributed by atoms with van der Waals surface area (Å²) in [7, 11) is -3.96. The number of sulfonamides is 1. The second-order valence-corrected chi connectivity index (χ2v) is 3.99. The summed E-state index contributed by atoms with van der Waals surface area (Å²) in [4.78, 5) is 2.74. The van der Waals surface area contributed by atoms with Crippen molar-refractivity contribution in [3.63, 3.8) is 0 Å². The fourth-order valence-corrected chi connectivity index (χ4v) is 1.17. The Morgan fingerprint density at radius 2 is 1.93 bits per heavy atom. The summed E-state index contributed by atoms with van der Waals surface area (Å²) in [6.45, 7) is 0. The van der Waals surface area contributed by atoms with Crippen molar-refractivity contribution >= 4 is 10.0 Å². The van der Waals surface area contributed by atoms with Crippen LogP contribution in [-0.2, 0) is 10.0 Å². The van der Waals surface area contributed by atoms with Crippen LogP contribution >= 0.6 is 0 Å². The molecule has 0 unspecified atom stereocenters. The fraction of sp³-hybridized carbons (Fsp3) is 0.167. The normalized spacial score (nSPS) is 12.5. The van der Waals surface area contributed by atoms with Gasteiger partial charge in [-0.15, -0.1) is 13.2 Å². The van der Waals surface area contributed by atoms with Crippen molar-refractivity contribution in [2.24, 2.45) is 5.14 Å². The highest BCUT2D eigenvalue weighted by atomic mass is 32.2. The van der Waals surface area contributed by atoms with Gasteiger partial charge in [0.25, 0.3) is 0 Å². The quantitative estimate of drug-likeness (QED) is 0.824. The number of rotatable bonds is 2. The Bertz CT molecular complexity index is 440. The standard InChI is InChI=1S/C6H5F3N2O3S/c7-6(8,9)14-5-2-1-4(3-11-5)15(10,12)13/h1-3H,(H2,10,12,13). The number of ether oxygens (including phenoxy) is 1. The number of primary sulfonamides is 1. The number of aromatic nitrogens is 1. The fourth-order valence-electron chi connectivity index (χ4n) is 0.714. The second-order valence-electron chi connectivity index (χ2n) is 2.42. The van der Waals surface area contributed by atoms with Gasteiger partial charge >= 0.3 is 6.36 Å². The summed E-state index contributed by atoms with van der Waals surface area (Å²) in [5.74, 6) is -0.755. The van der Waals surface area contributed by atoms with Crippen molar-refractivity contribution < 1.29 is 26.3 Å². The first-order valence-electron chi connectivity index (χ1n) is 3.43. The van der Waals surface area contributed by atoms with Crippen LogP contribution in [0.2, 0.25) is 0 Å². The van der Waals surface area contributed by atoms with E-state index in [1.807, 2.05) is 0 Å². The molecule has 1 aromatic heterocycles. The molecule has 2 N–H and O–H groups in total. The Balaban J connectivity index is 2.92. The summed E-state index contributed by atoms with van der Waals surface area (Å²) in [6, 6.07) is 1.62. The van der Waals surface area contributed by atoms with Gasteiger partial charge in [-0.3, -0.25) is 0 Å². The van der Waals surface area contributed by atoms with E-state index in [1.54, 1.807) is 0 Å². The molecule has 0 aliphatic rings. The second kappa shape index (κ2) is 3.66. The zero-order valence-corrected chi connectivity index (χ0v) is 7.84. The van der Waals surface area contributed by atoms with E-state index in [0.717, 1.165) is 12.1 Å². The third-order valence-electron chi connectivity index (χ3n) is 1.26. The molecule has 1 rings (SSSR count). The minimum absolute atomic E-state index is 0.392. The molecule has 0 atom stereocenters. The first-order valence-corrected chi connectivity index (χ1v) is 4.98. The average molecular weight is 242 g/mol. The van der Waals surface area contributed by atoms with E-state index in [4.69, 9.17) is 5.14 Å². The molecule has 1 aromatic rings. The summed E-state index contributed by atoms with van der Waals surface area (Å²) in [5, 5.41) is 4.70. The van der Waals surface area contributed by atoms with Crippen LogP contribution in [-0.4, -0.2) is 19.8 Å². The molecule has 84 valence electrons. The Morgan fingerprint density at radius 3 is 2.27 bits per heavy atom. The molecule has 0 aliphatic heterocycles. The molecule has 0 saturated heterocycles. The molecule has 15 heavy (non-hydrogen) atoms. The van der Waals surface area contributed by atoms with Gasteiger partial charge in [0.15, 0.2) is 0 Å². The monoisotopic (exact) mass is 242 g/mol. The van der Waals surface area contributed by atoms with Crippen LogP contribution in [0.15, 0.2) is 23.2 Å². The van der Waals surface area contributed by atoms with Gasteiger partial charge in [-0.1, -0.05) is 0 Å². The maximum Gasteiger partial charge on any atom is 0.574 e. The molecule has 0 fully saturated rings. The van der Waals surface area contributed by atoms with E-state index in [2.05, 4.69) is 9.72 Å². The van der Waals surface area contributed by atoms with E-state index in [1.165, 1.54) is 0 Å². The van der Waals surface area contributed by atoms with Crippen molar-refractivity contribution in [2.45, 2.75) is 11.3 Å². The largest absolute Gasteiger partial charge is 0.574 e. The van der Waals surface area contributed by atoms with Crippen molar-refractivity contribution in [1.29, 1.82) is 0 Å². The number of hydrogen-bond acceptors (Lipinski definition) is 4. The molecule has 9 heteroatoms. The van der Waals surface area contributed by atoms with Crippen molar-refractivity contribution in [3.8, 4) is 5.88 Å². The molecule has 0 amide bonds. The number of nitrogens with two attached hydrogens (primary N) is 1. The number of hydrogen-bond donors (Lipinski definition) is 1. The van der Waals surface area contributed by atoms with Crippen molar-refractivity contribution in [3.05, 3.63) is 18.3 Å². The molecule has 0 aliphatic carbocycles. The van der Waals surface area contributed by atoms with E-state index < -0.39 is 27.2 Å². The molecule has 0 spiro atoms. The summed E-state index contributed by atoms with van der Waals surface area (Å²) >= 11 is 0. The predicted molar refractivity (Wildman–Crippen MR) is 42.3 cm³/mol. The molecule has 0 bridgehead atoms. The van der Waals surface area contributed by atoms with Gasteiger partial charge in [0.2, 0.25) is 15.9 Å². The van der Waals surface area contributed by atoms with E-state index in [9.17, 15) is 21.6 Å². The Morgan fingerprint density at radius 1 is 1.33 bits per heavy atom. The molecular formula is C6H5F3N2O3S. The lowest BCUT2D eigenvalue weighted by atomic mass is 10.5. The maximum absolute atomic E-state index is 11.7. The topological polar surface area (TPSA) is 82.3 Å². The number of alkyl halides is 3. The van der Waals surface area contributed by atoms with Crippen LogP contribution < -0.4 is 9.88 Å². The molecule has 0 aromatic carbocycles. The first-order chi connectivity index (χ1) is 6.68. The van der Waals surface area contributed by atoms with Crippen LogP contribution in [0.4, 0.5) is 13.2 Å². The number of pyridine rings is 1. The predicted octanol–water partition coefficient (Wildman–Crippen LogP) is 0.628. The van der Waals surface area contributed by atoms with Crippen LogP contribution in [0.25, 0.3) is 0 Å². The lowest BCUT2D eigenvalue weighted by Gasteiger charge is -2.07. The van der Waals surface area contributed by atoms with Gasteiger partial charge in [0, 0.05) is 6.07 Å². The van der Waals surface area contributed by atoms with Gasteiger partial charge in [-0.2, -0.15) is 0 Å². The zero-order valence-electron chi connectivity index (χ0n) is 7.02. The summed E-state index contributed by atoms with van der Waals surface area (Å²) < 4.78 is 59.8.